The molecule has 3 rings (SSSR count). The number of fused-ring (bicyclic) bond motifs is 1. The first kappa shape index (κ1) is 19.1. The zero-order chi connectivity index (χ0) is 19.7. The Balaban J connectivity index is 2.03. The topological polar surface area (TPSA) is 95.7 Å². The van der Waals surface area contributed by atoms with Crippen LogP contribution in [0, 0.1) is 5.82 Å². The molecule has 2 aromatic rings. The Labute approximate surface area is 158 Å². The number of aryl methyl sites for hydroxylation is 1. The summed E-state index contributed by atoms with van der Waals surface area (Å²) in [5.74, 6) is -2.28. The molecule has 0 unspecified atom stereocenters. The maximum absolute atomic E-state index is 14.7. The van der Waals surface area contributed by atoms with Gasteiger partial charge in [0, 0.05) is 38.9 Å². The molecule has 1 fully saturated rings. The van der Waals surface area contributed by atoms with Crippen molar-refractivity contribution in [1.29, 1.82) is 0 Å². The van der Waals surface area contributed by atoms with Gasteiger partial charge in [-0.25, -0.2) is 14.2 Å². The van der Waals surface area contributed by atoms with Crippen molar-refractivity contribution in [2.45, 2.75) is 13.5 Å². The molecular formula is C17H18ClFN4O4. The van der Waals surface area contributed by atoms with Crippen LogP contribution in [0.3, 0.4) is 0 Å². The predicted molar refractivity (Wildman–Crippen MR) is 98.1 cm³/mol. The SMILES string of the molecule is CCn1cc(C(=O)O)c(=O)c2cc(F)c(N3CCN(C(=O)CCl)CC3)nc21. The van der Waals surface area contributed by atoms with Gasteiger partial charge in [0.1, 0.15) is 17.1 Å². The third-order valence-corrected chi connectivity index (χ3v) is 4.83. The summed E-state index contributed by atoms with van der Waals surface area (Å²) in [5.41, 5.74) is -0.965. The monoisotopic (exact) mass is 396 g/mol. The van der Waals surface area contributed by atoms with Crippen LogP contribution in [-0.4, -0.2) is 63.5 Å². The summed E-state index contributed by atoms with van der Waals surface area (Å²) in [7, 11) is 0. The Kier molecular flexibility index (Phi) is 5.31. The molecule has 1 N–H and O–H groups in total. The Hall–Kier alpha value is -2.68. The van der Waals surface area contributed by atoms with Crippen LogP contribution < -0.4 is 10.3 Å². The number of halogens is 2. The number of aromatic nitrogens is 2. The lowest BCUT2D eigenvalue weighted by molar-refractivity contribution is -0.128. The lowest BCUT2D eigenvalue weighted by Crippen LogP contribution is -2.49. The fourth-order valence-corrected chi connectivity index (χ4v) is 3.31. The molecule has 0 spiro atoms. The highest BCUT2D eigenvalue weighted by atomic mass is 35.5. The molecule has 1 saturated heterocycles. The van der Waals surface area contributed by atoms with Gasteiger partial charge in [-0.3, -0.25) is 9.59 Å². The first-order chi connectivity index (χ1) is 12.9. The number of amides is 1. The summed E-state index contributed by atoms with van der Waals surface area (Å²) in [4.78, 5) is 42.9. The number of piperazine rings is 1. The standard InChI is InChI=1S/C17H18ClFN4O4/c1-2-21-9-11(17(26)27)14(25)10-7-12(19)16(20-15(10)21)23-5-3-22(4-6-23)13(24)8-18/h7,9H,2-6,8H2,1H3,(H,26,27). The number of hydrogen-bond donors (Lipinski definition) is 1. The Morgan fingerprint density at radius 1 is 1.30 bits per heavy atom. The number of carbonyl (C=O) groups is 2. The molecule has 0 aliphatic carbocycles. The molecule has 8 nitrogen and oxygen atoms in total. The minimum absolute atomic E-state index is 0.0742. The van der Waals surface area contributed by atoms with Crippen LogP contribution >= 0.6 is 11.6 Å². The fraction of sp³-hybridized carbons (Fsp3) is 0.412. The maximum atomic E-state index is 14.7. The van der Waals surface area contributed by atoms with Gasteiger partial charge in [0.05, 0.1) is 5.39 Å². The van der Waals surface area contributed by atoms with Crippen LogP contribution in [0.5, 0.6) is 0 Å². The van der Waals surface area contributed by atoms with Crippen LogP contribution in [0.25, 0.3) is 11.0 Å². The normalized spacial score (nSPS) is 14.6. The summed E-state index contributed by atoms with van der Waals surface area (Å²) in [6.45, 7) is 3.68. The first-order valence-corrected chi connectivity index (χ1v) is 8.96. The second kappa shape index (κ2) is 7.51. The van der Waals surface area contributed by atoms with Crippen LogP contribution in [-0.2, 0) is 11.3 Å². The molecule has 0 radical (unpaired) electrons. The molecule has 1 aliphatic rings. The predicted octanol–water partition coefficient (Wildman–Crippen LogP) is 1.14. The zero-order valence-corrected chi connectivity index (χ0v) is 15.4. The number of pyridine rings is 2. The number of carbonyl (C=O) groups excluding carboxylic acids is 1. The molecule has 2 aromatic heterocycles. The zero-order valence-electron chi connectivity index (χ0n) is 14.6. The molecule has 0 bridgehead atoms. The van der Waals surface area contributed by atoms with E-state index in [2.05, 4.69) is 4.98 Å². The molecule has 144 valence electrons. The summed E-state index contributed by atoms with van der Waals surface area (Å²) in [6, 6.07) is 1.04. The Morgan fingerprint density at radius 2 is 1.96 bits per heavy atom. The van der Waals surface area contributed by atoms with Crippen molar-refractivity contribution in [3.63, 3.8) is 0 Å². The van der Waals surface area contributed by atoms with E-state index in [0.29, 0.717) is 32.7 Å². The molecule has 10 heteroatoms. The molecule has 0 saturated carbocycles. The summed E-state index contributed by atoms with van der Waals surface area (Å²) >= 11 is 5.56. The number of rotatable bonds is 4. The van der Waals surface area contributed by atoms with Crippen LogP contribution in [0.15, 0.2) is 17.1 Å². The van der Waals surface area contributed by atoms with E-state index in [4.69, 9.17) is 11.6 Å². The van der Waals surface area contributed by atoms with Crippen LogP contribution in [0.4, 0.5) is 10.2 Å². The quantitative estimate of drug-likeness (QED) is 0.779. The van der Waals surface area contributed by atoms with Gasteiger partial charge in [0.2, 0.25) is 11.3 Å². The molecule has 1 amide bonds. The number of alkyl halides is 1. The molecule has 0 atom stereocenters. The van der Waals surface area contributed by atoms with E-state index in [0.717, 1.165) is 6.07 Å². The summed E-state index contributed by atoms with van der Waals surface area (Å²) in [5, 5.41) is 9.11. The largest absolute Gasteiger partial charge is 0.477 e. The van der Waals surface area contributed by atoms with E-state index in [1.54, 1.807) is 16.7 Å². The third kappa shape index (κ3) is 3.46. The van der Waals surface area contributed by atoms with Gasteiger partial charge in [-0.1, -0.05) is 0 Å². The van der Waals surface area contributed by atoms with Crippen molar-refractivity contribution in [2.75, 3.05) is 37.0 Å². The number of anilines is 1. The molecule has 0 aromatic carbocycles. The minimum atomic E-state index is -1.37. The van der Waals surface area contributed by atoms with Crippen molar-refractivity contribution in [3.05, 3.63) is 33.9 Å². The lowest BCUT2D eigenvalue weighted by atomic mass is 10.2. The van der Waals surface area contributed by atoms with Gasteiger partial charge in [0.25, 0.3) is 0 Å². The highest BCUT2D eigenvalue weighted by Gasteiger charge is 2.25. The average Bonchev–Trinajstić information content (AvgIpc) is 2.67. The van der Waals surface area contributed by atoms with Crippen molar-refractivity contribution >= 4 is 40.3 Å². The van der Waals surface area contributed by atoms with Gasteiger partial charge in [-0.15, -0.1) is 11.6 Å². The second-order valence-electron chi connectivity index (χ2n) is 6.13. The van der Waals surface area contributed by atoms with Crippen molar-refractivity contribution in [3.8, 4) is 0 Å². The number of nitrogens with zero attached hydrogens (tertiary/aromatic N) is 4. The van der Waals surface area contributed by atoms with Crippen LogP contribution in [0.2, 0.25) is 0 Å². The average molecular weight is 397 g/mol. The maximum Gasteiger partial charge on any atom is 0.341 e. The third-order valence-electron chi connectivity index (χ3n) is 4.60. The molecule has 3 heterocycles. The van der Waals surface area contributed by atoms with Crippen molar-refractivity contribution in [2.24, 2.45) is 0 Å². The minimum Gasteiger partial charge on any atom is -0.477 e. The first-order valence-electron chi connectivity index (χ1n) is 8.43. The summed E-state index contributed by atoms with van der Waals surface area (Å²) < 4.78 is 16.2. The molecule has 1 aliphatic heterocycles. The van der Waals surface area contributed by atoms with Gasteiger partial charge >= 0.3 is 5.97 Å². The van der Waals surface area contributed by atoms with Crippen molar-refractivity contribution < 1.29 is 19.1 Å². The van der Waals surface area contributed by atoms with E-state index < -0.39 is 22.8 Å². The van der Waals surface area contributed by atoms with E-state index in [-0.39, 0.29) is 28.6 Å². The molecule has 27 heavy (non-hydrogen) atoms. The number of carboxylic acid groups (broad SMARTS) is 1. The van der Waals surface area contributed by atoms with Gasteiger partial charge in [0.15, 0.2) is 11.6 Å². The highest BCUT2D eigenvalue weighted by molar-refractivity contribution is 6.27. The number of aromatic carboxylic acids is 1. The highest BCUT2D eigenvalue weighted by Crippen LogP contribution is 2.22. The lowest BCUT2D eigenvalue weighted by Gasteiger charge is -2.35. The van der Waals surface area contributed by atoms with Gasteiger partial charge < -0.3 is 19.5 Å². The van der Waals surface area contributed by atoms with Gasteiger partial charge in [-0.2, -0.15) is 0 Å². The number of carboxylic acids is 1. The second-order valence-corrected chi connectivity index (χ2v) is 6.40. The number of hydrogen-bond acceptors (Lipinski definition) is 5. The van der Waals surface area contributed by atoms with E-state index >= 15 is 0 Å². The van der Waals surface area contributed by atoms with E-state index in [1.807, 2.05) is 0 Å². The van der Waals surface area contributed by atoms with E-state index in [9.17, 15) is 23.9 Å². The van der Waals surface area contributed by atoms with Crippen LogP contribution in [0.1, 0.15) is 17.3 Å². The Morgan fingerprint density at radius 3 is 2.52 bits per heavy atom. The smallest absolute Gasteiger partial charge is 0.341 e. The van der Waals surface area contributed by atoms with Crippen molar-refractivity contribution in [1.82, 2.24) is 14.5 Å². The fourth-order valence-electron chi connectivity index (χ4n) is 3.14. The van der Waals surface area contributed by atoms with Gasteiger partial charge in [-0.05, 0) is 13.0 Å². The Bertz CT molecular complexity index is 970. The molecular weight excluding hydrogens is 379 g/mol. The summed E-state index contributed by atoms with van der Waals surface area (Å²) in [6.07, 6.45) is 1.22. The van der Waals surface area contributed by atoms with E-state index in [1.165, 1.54) is 10.8 Å².